The SMILES string of the molecule is CCOc1cc2c(cc1CNC(=O)[C@@H](N)Cc1ccccc1)OC(C)C2.Cl. The summed E-state index contributed by atoms with van der Waals surface area (Å²) < 4.78 is 11.6. The molecule has 1 unspecified atom stereocenters. The zero-order valence-electron chi connectivity index (χ0n) is 15.7. The number of nitrogens with one attached hydrogen (secondary N) is 1. The minimum atomic E-state index is -0.585. The van der Waals surface area contributed by atoms with Gasteiger partial charge in [0.15, 0.2) is 0 Å². The highest BCUT2D eigenvalue weighted by atomic mass is 35.5. The minimum Gasteiger partial charge on any atom is -0.494 e. The van der Waals surface area contributed by atoms with E-state index in [1.807, 2.05) is 56.3 Å². The number of rotatable bonds is 7. The highest BCUT2D eigenvalue weighted by Crippen LogP contribution is 2.35. The van der Waals surface area contributed by atoms with Crippen LogP contribution >= 0.6 is 12.4 Å². The van der Waals surface area contributed by atoms with Crippen LogP contribution in [-0.2, 0) is 24.2 Å². The van der Waals surface area contributed by atoms with Gasteiger partial charge in [-0.05, 0) is 38.0 Å². The molecular weight excluding hydrogens is 364 g/mol. The van der Waals surface area contributed by atoms with E-state index in [-0.39, 0.29) is 24.4 Å². The number of halogens is 1. The van der Waals surface area contributed by atoms with Crippen molar-refractivity contribution >= 4 is 18.3 Å². The molecule has 1 aliphatic heterocycles. The van der Waals surface area contributed by atoms with E-state index >= 15 is 0 Å². The summed E-state index contributed by atoms with van der Waals surface area (Å²) in [5, 5.41) is 2.92. The van der Waals surface area contributed by atoms with E-state index in [2.05, 4.69) is 5.32 Å². The van der Waals surface area contributed by atoms with Crippen LogP contribution in [0, 0.1) is 0 Å². The van der Waals surface area contributed by atoms with Crippen LogP contribution in [0.2, 0.25) is 0 Å². The highest BCUT2D eigenvalue weighted by Gasteiger charge is 2.22. The quantitative estimate of drug-likeness (QED) is 0.762. The molecule has 1 amide bonds. The predicted molar refractivity (Wildman–Crippen MR) is 109 cm³/mol. The van der Waals surface area contributed by atoms with Gasteiger partial charge >= 0.3 is 0 Å². The number of carbonyl (C=O) groups is 1. The van der Waals surface area contributed by atoms with E-state index in [1.54, 1.807) is 0 Å². The maximum absolute atomic E-state index is 12.4. The molecule has 0 aliphatic carbocycles. The lowest BCUT2D eigenvalue weighted by Gasteiger charge is -2.15. The molecule has 3 rings (SSSR count). The van der Waals surface area contributed by atoms with E-state index < -0.39 is 6.04 Å². The van der Waals surface area contributed by atoms with Crippen LogP contribution in [0.5, 0.6) is 11.5 Å². The summed E-state index contributed by atoms with van der Waals surface area (Å²) in [4.78, 5) is 12.4. The Labute approximate surface area is 166 Å². The van der Waals surface area contributed by atoms with Crippen molar-refractivity contribution in [2.24, 2.45) is 5.73 Å². The third-order valence-electron chi connectivity index (χ3n) is 4.47. The van der Waals surface area contributed by atoms with Gasteiger partial charge in [0.05, 0.1) is 12.6 Å². The Morgan fingerprint density at radius 1 is 1.33 bits per heavy atom. The molecule has 0 radical (unpaired) electrons. The van der Waals surface area contributed by atoms with Crippen LogP contribution < -0.4 is 20.5 Å². The summed E-state index contributed by atoms with van der Waals surface area (Å²) in [6.45, 7) is 4.93. The second-order valence-corrected chi connectivity index (χ2v) is 6.65. The van der Waals surface area contributed by atoms with Gasteiger partial charge in [0.1, 0.15) is 17.6 Å². The fraction of sp³-hybridized carbons (Fsp3) is 0.381. The zero-order chi connectivity index (χ0) is 18.5. The van der Waals surface area contributed by atoms with Crippen molar-refractivity contribution in [2.45, 2.75) is 45.4 Å². The summed E-state index contributed by atoms with van der Waals surface area (Å²) in [6.07, 6.45) is 1.56. The molecule has 0 spiro atoms. The van der Waals surface area contributed by atoms with E-state index in [4.69, 9.17) is 15.2 Å². The van der Waals surface area contributed by atoms with Crippen LogP contribution in [0.25, 0.3) is 0 Å². The first-order chi connectivity index (χ1) is 12.6. The number of carbonyl (C=O) groups excluding carboxylic acids is 1. The normalized spacial score (nSPS) is 15.9. The second-order valence-electron chi connectivity index (χ2n) is 6.65. The van der Waals surface area contributed by atoms with Gasteiger partial charge in [-0.15, -0.1) is 12.4 Å². The van der Waals surface area contributed by atoms with E-state index in [1.165, 1.54) is 0 Å². The van der Waals surface area contributed by atoms with Gasteiger partial charge in [-0.2, -0.15) is 0 Å². The Bertz CT molecular complexity index is 768. The monoisotopic (exact) mass is 390 g/mol. The van der Waals surface area contributed by atoms with Gasteiger partial charge < -0.3 is 20.5 Å². The predicted octanol–water partition coefficient (Wildman–Crippen LogP) is 3.02. The molecule has 0 fully saturated rings. The van der Waals surface area contributed by atoms with Crippen LogP contribution in [0.1, 0.15) is 30.5 Å². The van der Waals surface area contributed by atoms with Crippen LogP contribution in [0.3, 0.4) is 0 Å². The summed E-state index contributed by atoms with van der Waals surface area (Å²) in [5.41, 5.74) is 9.15. The molecule has 6 heteroatoms. The van der Waals surface area contributed by atoms with Gasteiger partial charge in [0, 0.05) is 24.1 Å². The van der Waals surface area contributed by atoms with Crippen molar-refractivity contribution in [3.8, 4) is 11.5 Å². The van der Waals surface area contributed by atoms with Crippen molar-refractivity contribution in [3.63, 3.8) is 0 Å². The lowest BCUT2D eigenvalue weighted by atomic mass is 10.0. The first-order valence-corrected chi connectivity index (χ1v) is 9.09. The van der Waals surface area contributed by atoms with Gasteiger partial charge in [0.2, 0.25) is 5.91 Å². The minimum absolute atomic E-state index is 0. The maximum Gasteiger partial charge on any atom is 0.237 e. The fourth-order valence-corrected chi connectivity index (χ4v) is 3.18. The average molecular weight is 391 g/mol. The average Bonchev–Trinajstić information content (AvgIpc) is 2.99. The number of ether oxygens (including phenoxy) is 2. The van der Waals surface area contributed by atoms with E-state index in [9.17, 15) is 4.79 Å². The number of hydrogen-bond donors (Lipinski definition) is 2. The highest BCUT2D eigenvalue weighted by molar-refractivity contribution is 5.85. The Kier molecular flexibility index (Phi) is 7.51. The Morgan fingerprint density at radius 2 is 2.07 bits per heavy atom. The first kappa shape index (κ1) is 21.1. The van der Waals surface area contributed by atoms with Crippen LogP contribution in [0.15, 0.2) is 42.5 Å². The topological polar surface area (TPSA) is 73.6 Å². The molecule has 1 aliphatic rings. The molecule has 0 aromatic heterocycles. The Morgan fingerprint density at radius 3 is 2.78 bits per heavy atom. The van der Waals surface area contributed by atoms with Gasteiger partial charge in [0.25, 0.3) is 0 Å². The third-order valence-corrected chi connectivity index (χ3v) is 4.47. The van der Waals surface area contributed by atoms with Crippen molar-refractivity contribution in [1.29, 1.82) is 0 Å². The molecule has 2 aromatic carbocycles. The molecular formula is C21H27ClN2O3. The number of benzene rings is 2. The molecule has 3 N–H and O–H groups in total. The van der Waals surface area contributed by atoms with Gasteiger partial charge in [-0.25, -0.2) is 0 Å². The Balaban J connectivity index is 0.00000261. The van der Waals surface area contributed by atoms with Crippen molar-refractivity contribution < 1.29 is 14.3 Å². The summed E-state index contributed by atoms with van der Waals surface area (Å²) >= 11 is 0. The van der Waals surface area contributed by atoms with Crippen molar-refractivity contribution in [2.75, 3.05) is 6.61 Å². The Hall–Kier alpha value is -2.24. The number of hydrogen-bond acceptors (Lipinski definition) is 4. The third kappa shape index (κ3) is 5.37. The molecule has 0 saturated carbocycles. The smallest absolute Gasteiger partial charge is 0.237 e. The number of fused-ring (bicyclic) bond motifs is 1. The number of amides is 1. The summed E-state index contributed by atoms with van der Waals surface area (Å²) in [5.74, 6) is 1.49. The van der Waals surface area contributed by atoms with E-state index in [0.29, 0.717) is 19.6 Å². The van der Waals surface area contributed by atoms with E-state index in [0.717, 1.165) is 34.6 Å². The molecule has 2 aromatic rings. The largest absolute Gasteiger partial charge is 0.494 e. The standard InChI is InChI=1S/C21H26N2O3.ClH/c1-3-25-19-11-16-9-14(2)26-20(16)12-17(19)13-23-21(24)18(22)10-15-7-5-4-6-8-15;/h4-8,11-12,14,18H,3,9-10,13,22H2,1-2H3,(H,23,24);1H/t14?,18-;/m0./s1. The van der Waals surface area contributed by atoms with Crippen molar-refractivity contribution in [1.82, 2.24) is 5.32 Å². The first-order valence-electron chi connectivity index (χ1n) is 9.09. The lowest BCUT2D eigenvalue weighted by Crippen LogP contribution is -2.41. The molecule has 27 heavy (non-hydrogen) atoms. The maximum atomic E-state index is 12.4. The molecule has 0 saturated heterocycles. The summed E-state index contributed by atoms with van der Waals surface area (Å²) in [6, 6.07) is 13.2. The molecule has 146 valence electrons. The summed E-state index contributed by atoms with van der Waals surface area (Å²) in [7, 11) is 0. The van der Waals surface area contributed by atoms with Gasteiger partial charge in [-0.3, -0.25) is 4.79 Å². The van der Waals surface area contributed by atoms with Gasteiger partial charge in [-0.1, -0.05) is 30.3 Å². The zero-order valence-corrected chi connectivity index (χ0v) is 16.6. The van der Waals surface area contributed by atoms with Crippen LogP contribution in [-0.4, -0.2) is 24.7 Å². The molecule has 5 nitrogen and oxygen atoms in total. The second kappa shape index (κ2) is 9.62. The van der Waals surface area contributed by atoms with Crippen molar-refractivity contribution in [3.05, 3.63) is 59.2 Å². The number of nitrogens with two attached hydrogens (primary N) is 1. The lowest BCUT2D eigenvalue weighted by molar-refractivity contribution is -0.122. The molecule has 0 bridgehead atoms. The molecule has 2 atom stereocenters. The fourth-order valence-electron chi connectivity index (χ4n) is 3.18. The van der Waals surface area contributed by atoms with Crippen LogP contribution in [0.4, 0.5) is 0 Å². The molecule has 1 heterocycles.